The number of carboxylic acids is 1. The predicted octanol–water partition coefficient (Wildman–Crippen LogP) is 4.16. The summed E-state index contributed by atoms with van der Waals surface area (Å²) in [5, 5.41) is 9.06. The molecule has 0 aliphatic rings. The van der Waals surface area contributed by atoms with Gasteiger partial charge in [0, 0.05) is 11.9 Å². The number of hydrogen-bond acceptors (Lipinski definition) is 1. The Bertz CT molecular complexity index is 677. The van der Waals surface area contributed by atoms with Crippen LogP contribution in [0.1, 0.15) is 21.6 Å². The number of aromatic nitrogens is 1. The predicted molar refractivity (Wildman–Crippen MR) is 67.5 cm³/mol. The fourth-order valence-electron chi connectivity index (χ4n) is 1.87. The molecule has 0 spiro atoms. The summed E-state index contributed by atoms with van der Waals surface area (Å²) in [7, 11) is 0. The van der Waals surface area contributed by atoms with Gasteiger partial charge in [-0.1, -0.05) is 11.6 Å². The fraction of sp³-hybridized carbons (Fsp3) is 0.154. The number of alkyl halides is 3. The highest BCUT2D eigenvalue weighted by atomic mass is 35.5. The minimum absolute atomic E-state index is 0.0125. The van der Waals surface area contributed by atoms with Crippen LogP contribution in [0.2, 0.25) is 5.02 Å². The molecule has 0 amide bonds. The number of aromatic carboxylic acids is 1. The lowest BCUT2D eigenvalue weighted by molar-refractivity contribution is -0.137. The maximum atomic E-state index is 12.7. The van der Waals surface area contributed by atoms with Gasteiger partial charge in [-0.25, -0.2) is 4.79 Å². The summed E-state index contributed by atoms with van der Waals surface area (Å²) < 4.78 is 39.4. The number of nitrogens with zero attached hydrogens (tertiary/aromatic N) is 1. The van der Waals surface area contributed by atoms with Crippen molar-refractivity contribution in [2.45, 2.75) is 13.1 Å². The van der Waals surface area contributed by atoms with Gasteiger partial charge in [-0.15, -0.1) is 0 Å². The molecule has 3 nitrogen and oxygen atoms in total. The van der Waals surface area contributed by atoms with Crippen LogP contribution in [0.15, 0.2) is 30.5 Å². The molecule has 0 unspecified atom stereocenters. The SMILES string of the molecule is Cc1c(C(=O)O)ccn1-c1cc(C(F)(F)F)ccc1Cl. The van der Waals surface area contributed by atoms with Crippen molar-refractivity contribution in [3.8, 4) is 5.69 Å². The van der Waals surface area contributed by atoms with Gasteiger partial charge in [0.1, 0.15) is 0 Å². The zero-order valence-corrected chi connectivity index (χ0v) is 11.0. The Morgan fingerprint density at radius 1 is 1.30 bits per heavy atom. The number of carbonyl (C=O) groups is 1. The van der Waals surface area contributed by atoms with Gasteiger partial charge >= 0.3 is 12.1 Å². The van der Waals surface area contributed by atoms with Crippen LogP contribution in [0, 0.1) is 6.92 Å². The van der Waals surface area contributed by atoms with Gasteiger partial charge in [0.25, 0.3) is 0 Å². The molecule has 2 rings (SSSR count). The van der Waals surface area contributed by atoms with E-state index in [1.54, 1.807) is 0 Å². The number of hydrogen-bond donors (Lipinski definition) is 1. The van der Waals surface area contributed by atoms with Crippen molar-refractivity contribution in [3.05, 3.63) is 52.3 Å². The van der Waals surface area contributed by atoms with E-state index in [4.69, 9.17) is 16.7 Å². The molecule has 0 saturated carbocycles. The molecule has 1 N–H and O–H groups in total. The number of halogens is 4. The summed E-state index contributed by atoms with van der Waals surface area (Å²) in [6.45, 7) is 1.50. The maximum absolute atomic E-state index is 12.7. The molecule has 20 heavy (non-hydrogen) atoms. The van der Waals surface area contributed by atoms with E-state index in [-0.39, 0.29) is 16.3 Å². The second kappa shape index (κ2) is 4.86. The Balaban J connectivity index is 2.61. The van der Waals surface area contributed by atoms with Gasteiger partial charge < -0.3 is 9.67 Å². The first-order valence-electron chi connectivity index (χ1n) is 5.50. The summed E-state index contributed by atoms with van der Waals surface area (Å²) in [6.07, 6.45) is -3.11. The number of benzene rings is 1. The third kappa shape index (κ3) is 2.51. The van der Waals surface area contributed by atoms with E-state index in [0.717, 1.165) is 18.2 Å². The van der Waals surface area contributed by atoms with Gasteiger partial charge in [-0.3, -0.25) is 0 Å². The molecule has 1 aromatic carbocycles. The van der Waals surface area contributed by atoms with Gasteiger partial charge in [0.2, 0.25) is 0 Å². The van der Waals surface area contributed by atoms with Crippen LogP contribution in [0.4, 0.5) is 13.2 Å². The molecule has 1 aromatic heterocycles. The van der Waals surface area contributed by atoms with Crippen LogP contribution < -0.4 is 0 Å². The highest BCUT2D eigenvalue weighted by Crippen LogP contribution is 2.33. The fourth-order valence-corrected chi connectivity index (χ4v) is 2.08. The standard InChI is InChI=1S/C13H9ClF3NO2/c1-7-9(12(19)20)4-5-18(7)11-6-8(13(15,16)17)2-3-10(11)14/h2-6H,1H3,(H,19,20). The quantitative estimate of drug-likeness (QED) is 0.905. The third-order valence-corrected chi connectivity index (χ3v) is 3.22. The normalized spacial score (nSPS) is 11.7. The van der Waals surface area contributed by atoms with Gasteiger partial charge in [-0.05, 0) is 31.2 Å². The first-order chi connectivity index (χ1) is 9.21. The van der Waals surface area contributed by atoms with Gasteiger partial charge in [0.05, 0.1) is 21.8 Å². The van der Waals surface area contributed by atoms with Crippen LogP contribution >= 0.6 is 11.6 Å². The molecule has 0 bridgehead atoms. The van der Waals surface area contributed by atoms with Crippen LogP contribution in [0.5, 0.6) is 0 Å². The minimum Gasteiger partial charge on any atom is -0.478 e. The van der Waals surface area contributed by atoms with E-state index in [1.807, 2.05) is 0 Å². The Morgan fingerprint density at radius 2 is 1.95 bits per heavy atom. The summed E-state index contributed by atoms with van der Waals surface area (Å²) in [5.41, 5.74) is -0.439. The van der Waals surface area contributed by atoms with E-state index in [9.17, 15) is 18.0 Å². The molecule has 2 aromatic rings. The third-order valence-electron chi connectivity index (χ3n) is 2.90. The van der Waals surface area contributed by atoms with Gasteiger partial charge in [-0.2, -0.15) is 13.2 Å². The van der Waals surface area contributed by atoms with E-state index >= 15 is 0 Å². The number of carboxylic acid groups (broad SMARTS) is 1. The molecule has 0 fully saturated rings. The van der Waals surface area contributed by atoms with Crippen LogP contribution in [-0.2, 0) is 6.18 Å². The lowest BCUT2D eigenvalue weighted by Crippen LogP contribution is -2.07. The molecule has 0 radical (unpaired) electrons. The average molecular weight is 304 g/mol. The highest BCUT2D eigenvalue weighted by Gasteiger charge is 2.31. The van der Waals surface area contributed by atoms with Crippen molar-refractivity contribution in [2.75, 3.05) is 0 Å². The summed E-state index contributed by atoms with van der Waals surface area (Å²) in [6, 6.07) is 4.22. The largest absolute Gasteiger partial charge is 0.478 e. The Hall–Kier alpha value is -1.95. The van der Waals surface area contributed by atoms with E-state index in [2.05, 4.69) is 0 Å². The second-order valence-electron chi connectivity index (χ2n) is 4.15. The van der Waals surface area contributed by atoms with Crippen molar-refractivity contribution < 1.29 is 23.1 Å². The zero-order valence-electron chi connectivity index (χ0n) is 10.2. The first-order valence-corrected chi connectivity index (χ1v) is 5.88. The van der Waals surface area contributed by atoms with E-state index < -0.39 is 17.7 Å². The highest BCUT2D eigenvalue weighted by molar-refractivity contribution is 6.32. The zero-order chi connectivity index (χ0) is 15.1. The molecule has 106 valence electrons. The second-order valence-corrected chi connectivity index (χ2v) is 4.56. The number of rotatable bonds is 2. The smallest absolute Gasteiger partial charge is 0.416 e. The topological polar surface area (TPSA) is 42.2 Å². The first kappa shape index (κ1) is 14.5. The summed E-state index contributed by atoms with van der Waals surface area (Å²) >= 11 is 5.91. The molecular formula is C13H9ClF3NO2. The van der Waals surface area contributed by atoms with Gasteiger partial charge in [0.15, 0.2) is 0 Å². The molecular weight excluding hydrogens is 295 g/mol. The average Bonchev–Trinajstić information content (AvgIpc) is 2.70. The molecule has 0 aliphatic heterocycles. The Kier molecular flexibility index (Phi) is 3.52. The molecule has 0 atom stereocenters. The summed E-state index contributed by atoms with van der Waals surface area (Å²) in [4.78, 5) is 11.0. The Morgan fingerprint density at radius 3 is 2.45 bits per heavy atom. The van der Waals surface area contributed by atoms with E-state index in [1.165, 1.54) is 23.8 Å². The molecule has 7 heteroatoms. The van der Waals surface area contributed by atoms with E-state index in [0.29, 0.717) is 5.69 Å². The minimum atomic E-state index is -4.49. The van der Waals surface area contributed by atoms with Crippen molar-refractivity contribution >= 4 is 17.6 Å². The van der Waals surface area contributed by atoms with Crippen LogP contribution in [-0.4, -0.2) is 15.6 Å². The lowest BCUT2D eigenvalue weighted by atomic mass is 10.2. The Labute approximate surface area is 117 Å². The monoisotopic (exact) mass is 303 g/mol. The van der Waals surface area contributed by atoms with Crippen LogP contribution in [0.3, 0.4) is 0 Å². The van der Waals surface area contributed by atoms with Crippen molar-refractivity contribution in [3.63, 3.8) is 0 Å². The summed E-state index contributed by atoms with van der Waals surface area (Å²) in [5.74, 6) is -1.15. The maximum Gasteiger partial charge on any atom is 0.416 e. The van der Waals surface area contributed by atoms with Crippen molar-refractivity contribution in [1.29, 1.82) is 0 Å². The van der Waals surface area contributed by atoms with Crippen molar-refractivity contribution in [2.24, 2.45) is 0 Å². The molecule has 0 saturated heterocycles. The van der Waals surface area contributed by atoms with Crippen molar-refractivity contribution in [1.82, 2.24) is 4.57 Å². The molecule has 1 heterocycles. The lowest BCUT2D eigenvalue weighted by Gasteiger charge is -2.13. The van der Waals surface area contributed by atoms with Crippen LogP contribution in [0.25, 0.3) is 5.69 Å². The molecule has 0 aliphatic carbocycles.